The van der Waals surface area contributed by atoms with Crippen molar-refractivity contribution >= 4 is 11.3 Å². The van der Waals surface area contributed by atoms with E-state index in [1.165, 1.54) is 16.2 Å². The van der Waals surface area contributed by atoms with Crippen LogP contribution in [0, 0.1) is 0 Å². The summed E-state index contributed by atoms with van der Waals surface area (Å²) in [5, 5.41) is 2.17. The van der Waals surface area contributed by atoms with Gasteiger partial charge in [-0.25, -0.2) is 0 Å². The third-order valence-electron chi connectivity index (χ3n) is 1.42. The zero-order valence-electron chi connectivity index (χ0n) is 8.16. The molecule has 0 aliphatic rings. The van der Waals surface area contributed by atoms with Gasteiger partial charge in [-0.2, -0.15) is 0 Å². The Morgan fingerprint density at radius 1 is 1.00 bits per heavy atom. The standard InChI is InChI=1S/C10H12S.2ClH.Zn/c1-2-10-8-6-4-3-5-7-9-11-10;;;/h3-9H,2H2,1H3;2*1H;/p-1. The first-order valence-corrected chi connectivity index (χ1v) is 4.79. The normalized spacial score (nSPS) is 6.93. The van der Waals surface area contributed by atoms with Gasteiger partial charge in [0.2, 0.25) is 0 Å². The van der Waals surface area contributed by atoms with Crippen LogP contribution < -0.4 is 24.8 Å². The molecule has 1 heterocycles. The number of halogens is 2. The molecule has 1 aromatic rings. The van der Waals surface area contributed by atoms with Crippen molar-refractivity contribution in [3.63, 3.8) is 0 Å². The van der Waals surface area contributed by atoms with Gasteiger partial charge < -0.3 is 24.8 Å². The Bertz CT molecular complexity index is 238. The third-order valence-corrected chi connectivity index (χ3v) is 2.54. The second-order valence-electron chi connectivity index (χ2n) is 2.25. The molecule has 0 aliphatic carbocycles. The molecule has 0 atom stereocenters. The molecule has 0 radical (unpaired) electrons. The van der Waals surface area contributed by atoms with Crippen LogP contribution in [0.15, 0.2) is 41.8 Å². The van der Waals surface area contributed by atoms with Crippen molar-refractivity contribution in [1.82, 2.24) is 0 Å². The van der Waals surface area contributed by atoms with E-state index in [1.807, 2.05) is 6.07 Å². The molecule has 0 aliphatic heterocycles. The molecule has 0 bridgehead atoms. The van der Waals surface area contributed by atoms with Gasteiger partial charge in [-0.15, -0.1) is 0 Å². The molecule has 0 aromatic carbocycles. The van der Waals surface area contributed by atoms with Crippen LogP contribution >= 0.6 is 11.3 Å². The Kier molecular flexibility index (Phi) is 19.0. The van der Waals surface area contributed by atoms with E-state index >= 15 is 0 Å². The van der Waals surface area contributed by atoms with Crippen LogP contribution in [0.1, 0.15) is 11.8 Å². The van der Waals surface area contributed by atoms with E-state index in [-0.39, 0.29) is 44.3 Å². The molecule has 0 nitrogen and oxygen atoms in total. The summed E-state index contributed by atoms with van der Waals surface area (Å²) in [7, 11) is 0. The molecule has 4 heteroatoms. The average molecular weight is 302 g/mol. The third kappa shape index (κ3) is 8.96. The number of hydrogen-bond donors (Lipinski definition) is 0. The predicted molar refractivity (Wildman–Crippen MR) is 52.7 cm³/mol. The summed E-state index contributed by atoms with van der Waals surface area (Å²) in [4.78, 5) is 1.46. The second-order valence-corrected chi connectivity index (χ2v) is 3.38. The van der Waals surface area contributed by atoms with E-state index in [4.69, 9.17) is 0 Å². The van der Waals surface area contributed by atoms with Crippen LogP contribution in [0.25, 0.3) is 0 Å². The van der Waals surface area contributed by atoms with Gasteiger partial charge in [0.05, 0.1) is 0 Å². The molecule has 0 spiro atoms. The van der Waals surface area contributed by atoms with E-state index in [1.54, 1.807) is 0 Å². The predicted octanol–water partition coefficient (Wildman–Crippen LogP) is -2.83. The molecule has 0 saturated carbocycles. The van der Waals surface area contributed by atoms with Crippen molar-refractivity contribution in [2.45, 2.75) is 13.3 Å². The first-order chi connectivity index (χ1) is 5.43. The van der Waals surface area contributed by atoms with Gasteiger partial charge in [-0.3, -0.25) is 0 Å². The SMILES string of the molecule is CCc1ccccccc[sH+]1.[Cl-].[Cl-].[Zn]. The van der Waals surface area contributed by atoms with Gasteiger partial charge in [0.15, 0.2) is 0 Å². The summed E-state index contributed by atoms with van der Waals surface area (Å²) in [6.45, 7) is 2.19. The number of rotatable bonds is 1. The van der Waals surface area contributed by atoms with Crippen molar-refractivity contribution in [2.24, 2.45) is 0 Å². The molecule has 0 amide bonds. The van der Waals surface area contributed by atoms with Crippen LogP contribution in [0.2, 0.25) is 0 Å². The first kappa shape index (κ1) is 19.9. The summed E-state index contributed by atoms with van der Waals surface area (Å²) in [6, 6.07) is 12.5. The minimum Gasteiger partial charge on any atom is -1.00 e. The Balaban J connectivity index is -0.000000403. The minimum absolute atomic E-state index is 0. The second kappa shape index (κ2) is 13.4. The summed E-state index contributed by atoms with van der Waals surface area (Å²) in [5.74, 6) is 0. The fourth-order valence-electron chi connectivity index (χ4n) is 0.800. The molecule has 0 N–H and O–H groups in total. The van der Waals surface area contributed by atoms with Crippen LogP contribution in [-0.2, 0) is 25.9 Å². The monoisotopic (exact) mass is 299 g/mol. The summed E-state index contributed by atoms with van der Waals surface area (Å²) >= 11 is 1.32. The van der Waals surface area contributed by atoms with E-state index in [0.717, 1.165) is 6.42 Å². The van der Waals surface area contributed by atoms with Gasteiger partial charge in [0.1, 0.15) is 10.3 Å². The van der Waals surface area contributed by atoms with E-state index < -0.39 is 0 Å². The first-order valence-electron chi connectivity index (χ1n) is 3.83. The molecule has 0 unspecified atom stereocenters. The fourth-order valence-corrected chi connectivity index (χ4v) is 1.53. The van der Waals surface area contributed by atoms with Gasteiger partial charge in [-0.1, -0.05) is 31.2 Å². The molecule has 1 rings (SSSR count). The van der Waals surface area contributed by atoms with Crippen LogP contribution in [0.5, 0.6) is 0 Å². The average Bonchev–Trinajstić information content (AvgIpc) is 2.16. The molecule has 14 heavy (non-hydrogen) atoms. The smallest absolute Gasteiger partial charge is 0.147 e. The summed E-state index contributed by atoms with van der Waals surface area (Å²) in [5.41, 5.74) is 0. The molecule has 76 valence electrons. The molecular weight excluding hydrogens is 288 g/mol. The fraction of sp³-hybridized carbons (Fsp3) is 0.200. The quantitative estimate of drug-likeness (QED) is 0.388. The Morgan fingerprint density at radius 3 is 2.21 bits per heavy atom. The molecule has 0 fully saturated rings. The van der Waals surface area contributed by atoms with Gasteiger partial charge in [0.25, 0.3) is 0 Å². The summed E-state index contributed by atoms with van der Waals surface area (Å²) < 4.78 is 0. The van der Waals surface area contributed by atoms with Crippen LogP contribution in [-0.4, -0.2) is 0 Å². The van der Waals surface area contributed by atoms with Crippen LogP contribution in [0.4, 0.5) is 0 Å². The Morgan fingerprint density at radius 2 is 1.57 bits per heavy atom. The maximum Gasteiger partial charge on any atom is 0.147 e. The maximum absolute atomic E-state index is 2.19. The van der Waals surface area contributed by atoms with Gasteiger partial charge in [0, 0.05) is 25.9 Å². The van der Waals surface area contributed by atoms with Gasteiger partial charge >= 0.3 is 0 Å². The maximum atomic E-state index is 2.19. The Labute approximate surface area is 115 Å². The largest absolute Gasteiger partial charge is 1.00 e. The van der Waals surface area contributed by atoms with E-state index in [2.05, 4.69) is 42.6 Å². The van der Waals surface area contributed by atoms with E-state index in [9.17, 15) is 0 Å². The van der Waals surface area contributed by atoms with E-state index in [0.29, 0.717) is 0 Å². The van der Waals surface area contributed by atoms with Crippen molar-refractivity contribution in [3.8, 4) is 0 Å². The van der Waals surface area contributed by atoms with Crippen molar-refractivity contribution in [1.29, 1.82) is 0 Å². The number of hydrogen-bond acceptors (Lipinski definition) is 0. The minimum atomic E-state index is 0. The zero-order chi connectivity index (χ0) is 7.94. The number of aryl methyl sites for hydroxylation is 1. The molecule has 1 aromatic heterocycles. The Hall–Kier alpha value is 0.383. The van der Waals surface area contributed by atoms with Crippen molar-refractivity contribution in [2.75, 3.05) is 0 Å². The molecular formula is C10H13Cl2SZn-. The van der Waals surface area contributed by atoms with Gasteiger partial charge in [-0.05, 0) is 23.5 Å². The summed E-state index contributed by atoms with van der Waals surface area (Å²) in [6.07, 6.45) is 1.14. The topological polar surface area (TPSA) is 0 Å². The van der Waals surface area contributed by atoms with Crippen molar-refractivity contribution < 1.29 is 44.3 Å². The molecule has 0 saturated heterocycles. The zero-order valence-corrected chi connectivity index (χ0v) is 13.5. The van der Waals surface area contributed by atoms with Crippen molar-refractivity contribution in [3.05, 3.63) is 46.7 Å². The van der Waals surface area contributed by atoms with Crippen LogP contribution in [0.3, 0.4) is 0 Å².